The van der Waals surface area contributed by atoms with Gasteiger partial charge in [-0.1, -0.05) is 12.1 Å². The smallest absolute Gasteiger partial charge is 0.258 e. The van der Waals surface area contributed by atoms with Crippen LogP contribution in [0.1, 0.15) is 17.3 Å². The van der Waals surface area contributed by atoms with E-state index >= 15 is 0 Å². The lowest BCUT2D eigenvalue weighted by Crippen LogP contribution is -2.35. The van der Waals surface area contributed by atoms with Crippen LogP contribution in [0.4, 0.5) is 11.4 Å². The lowest BCUT2D eigenvalue weighted by Gasteiger charge is -2.29. The molecule has 3 rings (SSSR count). The Morgan fingerprint density at radius 1 is 1.09 bits per heavy atom. The van der Waals surface area contributed by atoms with Crippen LogP contribution in [0, 0.1) is 0 Å². The molecule has 1 N–H and O–H groups in total. The molecule has 2 aromatic rings. The average Bonchev–Trinajstić information content (AvgIpc) is 2.54. The number of nitrogens with zero attached hydrogens (tertiary/aromatic N) is 1. The second-order valence-corrected chi connectivity index (χ2v) is 6.17. The normalized spacial score (nSPS) is 13.4. The molecule has 0 radical (unpaired) electrons. The summed E-state index contributed by atoms with van der Waals surface area (Å²) >= 11 is 1.77. The van der Waals surface area contributed by atoms with E-state index in [1.54, 1.807) is 36.0 Å². The molecular formula is C17H16N2O2S. The minimum Gasteiger partial charge on any atom is -0.326 e. The van der Waals surface area contributed by atoms with Gasteiger partial charge in [-0.15, -0.1) is 11.8 Å². The summed E-state index contributed by atoms with van der Waals surface area (Å²) in [6.45, 7) is 2.16. The van der Waals surface area contributed by atoms with E-state index in [2.05, 4.69) is 5.32 Å². The quantitative estimate of drug-likeness (QED) is 0.924. The number of amides is 2. The molecule has 22 heavy (non-hydrogen) atoms. The van der Waals surface area contributed by atoms with Crippen LogP contribution in [0.2, 0.25) is 0 Å². The van der Waals surface area contributed by atoms with E-state index in [1.807, 2.05) is 29.2 Å². The van der Waals surface area contributed by atoms with Crippen molar-refractivity contribution in [3.8, 4) is 0 Å². The van der Waals surface area contributed by atoms with Gasteiger partial charge in [-0.2, -0.15) is 0 Å². The number of thioether (sulfide) groups is 1. The van der Waals surface area contributed by atoms with Crippen molar-refractivity contribution in [3.05, 3.63) is 54.1 Å². The Kier molecular flexibility index (Phi) is 4.15. The molecule has 112 valence electrons. The zero-order valence-electron chi connectivity index (χ0n) is 12.2. The fourth-order valence-electron chi connectivity index (χ4n) is 2.44. The van der Waals surface area contributed by atoms with E-state index in [1.165, 1.54) is 6.92 Å². The maximum Gasteiger partial charge on any atom is 0.258 e. The first-order valence-corrected chi connectivity index (χ1v) is 8.05. The van der Waals surface area contributed by atoms with Crippen LogP contribution in [-0.4, -0.2) is 24.1 Å². The van der Waals surface area contributed by atoms with E-state index < -0.39 is 0 Å². The van der Waals surface area contributed by atoms with Gasteiger partial charge in [0.05, 0.1) is 5.69 Å². The summed E-state index contributed by atoms with van der Waals surface area (Å²) in [4.78, 5) is 26.7. The number of hydrogen-bond donors (Lipinski definition) is 1. The molecule has 2 aromatic carbocycles. The van der Waals surface area contributed by atoms with Crippen molar-refractivity contribution in [1.82, 2.24) is 0 Å². The monoisotopic (exact) mass is 312 g/mol. The number of hydrogen-bond acceptors (Lipinski definition) is 3. The summed E-state index contributed by atoms with van der Waals surface area (Å²) in [6.07, 6.45) is 0. The lowest BCUT2D eigenvalue weighted by molar-refractivity contribution is -0.114. The van der Waals surface area contributed by atoms with E-state index in [-0.39, 0.29) is 11.8 Å². The molecule has 0 fully saturated rings. The molecular weight excluding hydrogens is 296 g/mol. The Balaban J connectivity index is 1.84. The highest BCUT2D eigenvalue weighted by molar-refractivity contribution is 7.99. The molecule has 1 aliphatic heterocycles. The summed E-state index contributed by atoms with van der Waals surface area (Å²) in [7, 11) is 0. The number of nitrogens with one attached hydrogen (secondary N) is 1. The van der Waals surface area contributed by atoms with Crippen LogP contribution >= 0.6 is 11.8 Å². The molecule has 0 spiro atoms. The molecule has 0 aromatic heterocycles. The molecule has 0 bridgehead atoms. The van der Waals surface area contributed by atoms with Crippen molar-refractivity contribution in [3.63, 3.8) is 0 Å². The number of benzene rings is 2. The van der Waals surface area contributed by atoms with Crippen LogP contribution < -0.4 is 10.2 Å². The number of rotatable bonds is 2. The van der Waals surface area contributed by atoms with E-state index in [4.69, 9.17) is 0 Å². The molecule has 0 saturated heterocycles. The molecule has 0 unspecified atom stereocenters. The minimum absolute atomic E-state index is 0.0119. The summed E-state index contributed by atoms with van der Waals surface area (Å²) in [5.74, 6) is 0.760. The van der Waals surface area contributed by atoms with Gasteiger partial charge in [0.1, 0.15) is 0 Å². The van der Waals surface area contributed by atoms with Crippen molar-refractivity contribution in [2.45, 2.75) is 11.8 Å². The first-order valence-electron chi connectivity index (χ1n) is 7.06. The van der Waals surface area contributed by atoms with E-state index in [0.29, 0.717) is 17.8 Å². The largest absolute Gasteiger partial charge is 0.326 e. The molecule has 0 atom stereocenters. The fourth-order valence-corrected chi connectivity index (χ4v) is 3.43. The van der Waals surface area contributed by atoms with Crippen molar-refractivity contribution in [1.29, 1.82) is 0 Å². The third kappa shape index (κ3) is 2.99. The van der Waals surface area contributed by atoms with Crippen LogP contribution in [0.15, 0.2) is 53.4 Å². The average molecular weight is 312 g/mol. The first-order chi connectivity index (χ1) is 10.6. The standard InChI is InChI=1S/C17H16N2O2S/c1-12(20)18-14-8-6-13(7-9-14)17(21)19-10-11-22-16-5-3-2-4-15(16)19/h2-9H,10-11H2,1H3,(H,18,20). The predicted octanol–water partition coefficient (Wildman–Crippen LogP) is 3.40. The zero-order valence-corrected chi connectivity index (χ0v) is 13.0. The van der Waals surface area contributed by atoms with Gasteiger partial charge in [-0.25, -0.2) is 0 Å². The number of para-hydroxylation sites is 1. The van der Waals surface area contributed by atoms with Gasteiger partial charge in [0.15, 0.2) is 0 Å². The Bertz CT molecular complexity index is 713. The van der Waals surface area contributed by atoms with Gasteiger partial charge in [0, 0.05) is 35.4 Å². The van der Waals surface area contributed by atoms with Gasteiger partial charge >= 0.3 is 0 Å². The maximum atomic E-state index is 12.7. The number of anilines is 2. The zero-order chi connectivity index (χ0) is 15.5. The summed E-state index contributed by atoms with van der Waals surface area (Å²) in [5.41, 5.74) is 2.28. The summed E-state index contributed by atoms with van der Waals surface area (Å²) < 4.78 is 0. The Morgan fingerprint density at radius 3 is 2.55 bits per heavy atom. The van der Waals surface area contributed by atoms with Crippen molar-refractivity contribution in [2.75, 3.05) is 22.5 Å². The minimum atomic E-state index is -0.124. The molecule has 0 aliphatic carbocycles. The van der Waals surface area contributed by atoms with Crippen LogP contribution in [0.5, 0.6) is 0 Å². The van der Waals surface area contributed by atoms with Crippen molar-refractivity contribution < 1.29 is 9.59 Å². The second kappa shape index (κ2) is 6.23. The number of carbonyl (C=O) groups excluding carboxylic acids is 2. The van der Waals surface area contributed by atoms with Gasteiger partial charge in [-0.05, 0) is 36.4 Å². The highest BCUT2D eigenvalue weighted by Crippen LogP contribution is 2.35. The second-order valence-electron chi connectivity index (χ2n) is 5.03. The third-order valence-corrected chi connectivity index (χ3v) is 4.47. The SMILES string of the molecule is CC(=O)Nc1ccc(C(=O)N2CCSc3ccccc32)cc1. The highest BCUT2D eigenvalue weighted by Gasteiger charge is 2.23. The van der Waals surface area contributed by atoms with Gasteiger partial charge in [0.25, 0.3) is 5.91 Å². The molecule has 0 saturated carbocycles. The lowest BCUT2D eigenvalue weighted by atomic mass is 10.1. The Morgan fingerprint density at radius 2 is 1.82 bits per heavy atom. The molecule has 1 aliphatic rings. The van der Waals surface area contributed by atoms with Crippen molar-refractivity contribution in [2.24, 2.45) is 0 Å². The summed E-state index contributed by atoms with van der Waals surface area (Å²) in [6, 6.07) is 15.0. The highest BCUT2D eigenvalue weighted by atomic mass is 32.2. The van der Waals surface area contributed by atoms with Gasteiger partial charge in [-0.3, -0.25) is 9.59 Å². The van der Waals surface area contributed by atoms with Gasteiger partial charge < -0.3 is 10.2 Å². The van der Waals surface area contributed by atoms with Crippen molar-refractivity contribution >= 4 is 35.0 Å². The number of fused-ring (bicyclic) bond motifs is 1. The van der Waals surface area contributed by atoms with E-state index in [9.17, 15) is 9.59 Å². The number of carbonyl (C=O) groups is 2. The predicted molar refractivity (Wildman–Crippen MR) is 89.6 cm³/mol. The maximum absolute atomic E-state index is 12.7. The summed E-state index contributed by atoms with van der Waals surface area (Å²) in [5, 5.41) is 2.70. The van der Waals surface area contributed by atoms with Gasteiger partial charge in [0.2, 0.25) is 5.91 Å². The van der Waals surface area contributed by atoms with Crippen LogP contribution in [0.25, 0.3) is 0 Å². The Hall–Kier alpha value is -2.27. The van der Waals surface area contributed by atoms with Crippen LogP contribution in [0.3, 0.4) is 0 Å². The third-order valence-electron chi connectivity index (χ3n) is 3.43. The topological polar surface area (TPSA) is 49.4 Å². The molecule has 5 heteroatoms. The fraction of sp³-hybridized carbons (Fsp3) is 0.176. The first kappa shape index (κ1) is 14.7. The van der Waals surface area contributed by atoms with Crippen LogP contribution in [-0.2, 0) is 4.79 Å². The molecule has 2 amide bonds. The molecule has 1 heterocycles. The van der Waals surface area contributed by atoms with E-state index in [0.717, 1.165) is 16.3 Å². The molecule has 4 nitrogen and oxygen atoms in total. The Labute approximate surface area is 133 Å².